The first-order chi connectivity index (χ1) is 9.23. The standard InChI is InChI=1S/C18H22O/c1-2-14-10-12-18(19,13-11-14)17-9-5-7-15-6-3-4-8-16(15)17/h3-9,14,19H,2,10-13H2,1H3. The third-order valence-electron chi connectivity index (χ3n) is 4.80. The van der Waals surface area contributed by atoms with Gasteiger partial charge in [0.2, 0.25) is 0 Å². The largest absolute Gasteiger partial charge is 0.385 e. The second-order valence-electron chi connectivity index (χ2n) is 5.91. The zero-order valence-corrected chi connectivity index (χ0v) is 11.6. The maximum absolute atomic E-state index is 11.1. The molecule has 0 bridgehead atoms. The van der Waals surface area contributed by atoms with Gasteiger partial charge in [-0.2, -0.15) is 0 Å². The molecule has 1 heteroatoms. The van der Waals surface area contributed by atoms with Crippen molar-refractivity contribution >= 4 is 10.8 Å². The molecule has 0 heterocycles. The Bertz CT molecular complexity index is 559. The minimum absolute atomic E-state index is 0.619. The minimum Gasteiger partial charge on any atom is -0.385 e. The molecule has 3 rings (SSSR count). The topological polar surface area (TPSA) is 20.2 Å². The van der Waals surface area contributed by atoms with Crippen LogP contribution in [-0.2, 0) is 5.60 Å². The van der Waals surface area contributed by atoms with Crippen molar-refractivity contribution in [2.24, 2.45) is 5.92 Å². The van der Waals surface area contributed by atoms with Gasteiger partial charge in [-0.25, -0.2) is 0 Å². The lowest BCUT2D eigenvalue weighted by molar-refractivity contribution is -0.0132. The average molecular weight is 254 g/mol. The zero-order valence-electron chi connectivity index (χ0n) is 11.6. The second kappa shape index (κ2) is 4.97. The number of benzene rings is 2. The molecular weight excluding hydrogens is 232 g/mol. The van der Waals surface area contributed by atoms with Gasteiger partial charge in [0.05, 0.1) is 5.60 Å². The number of rotatable bonds is 2. The molecule has 19 heavy (non-hydrogen) atoms. The van der Waals surface area contributed by atoms with Crippen LogP contribution in [0.1, 0.15) is 44.6 Å². The van der Waals surface area contributed by atoms with Gasteiger partial charge in [0.15, 0.2) is 0 Å². The normalized spacial score (nSPS) is 27.6. The summed E-state index contributed by atoms with van der Waals surface area (Å²) in [6.45, 7) is 2.26. The molecule has 0 amide bonds. The van der Waals surface area contributed by atoms with Gasteiger partial charge in [-0.3, -0.25) is 0 Å². The fourth-order valence-corrected chi connectivity index (χ4v) is 3.46. The first kappa shape index (κ1) is 12.7. The Labute approximate surface area is 115 Å². The summed E-state index contributed by atoms with van der Waals surface area (Å²) in [6.07, 6.45) is 5.34. The smallest absolute Gasteiger partial charge is 0.0902 e. The summed E-state index contributed by atoms with van der Waals surface area (Å²) in [4.78, 5) is 0. The van der Waals surface area contributed by atoms with Gasteiger partial charge in [-0.1, -0.05) is 55.8 Å². The van der Waals surface area contributed by atoms with Crippen LogP contribution in [0.15, 0.2) is 42.5 Å². The van der Waals surface area contributed by atoms with Crippen LogP contribution in [-0.4, -0.2) is 5.11 Å². The molecule has 0 atom stereocenters. The Balaban J connectivity index is 2.00. The minimum atomic E-state index is -0.619. The van der Waals surface area contributed by atoms with Gasteiger partial charge >= 0.3 is 0 Å². The van der Waals surface area contributed by atoms with Crippen LogP contribution >= 0.6 is 0 Å². The molecule has 1 aliphatic carbocycles. The monoisotopic (exact) mass is 254 g/mol. The van der Waals surface area contributed by atoms with Crippen LogP contribution in [0.25, 0.3) is 10.8 Å². The lowest BCUT2D eigenvalue weighted by Gasteiger charge is -2.37. The molecule has 2 aromatic rings. The molecule has 100 valence electrons. The van der Waals surface area contributed by atoms with Gasteiger partial charge in [-0.15, -0.1) is 0 Å². The molecule has 0 aliphatic heterocycles. The maximum Gasteiger partial charge on any atom is 0.0902 e. The highest BCUT2D eigenvalue weighted by molar-refractivity contribution is 5.86. The summed E-state index contributed by atoms with van der Waals surface area (Å²) in [5.41, 5.74) is 0.507. The van der Waals surface area contributed by atoms with E-state index in [1.165, 1.54) is 17.2 Å². The van der Waals surface area contributed by atoms with Gasteiger partial charge in [0, 0.05) is 0 Å². The summed E-state index contributed by atoms with van der Waals surface area (Å²) in [7, 11) is 0. The van der Waals surface area contributed by atoms with Crippen molar-refractivity contribution in [1.82, 2.24) is 0 Å². The first-order valence-electron chi connectivity index (χ1n) is 7.43. The molecule has 0 radical (unpaired) electrons. The molecule has 1 aliphatic rings. The number of hydrogen-bond acceptors (Lipinski definition) is 1. The Morgan fingerprint density at radius 1 is 1.05 bits per heavy atom. The van der Waals surface area contributed by atoms with Crippen LogP contribution < -0.4 is 0 Å². The van der Waals surface area contributed by atoms with Crippen molar-refractivity contribution in [2.45, 2.75) is 44.6 Å². The Morgan fingerprint density at radius 3 is 2.47 bits per heavy atom. The van der Waals surface area contributed by atoms with E-state index in [0.29, 0.717) is 0 Å². The molecule has 0 spiro atoms. The van der Waals surface area contributed by atoms with E-state index < -0.39 is 5.60 Å². The maximum atomic E-state index is 11.1. The number of aliphatic hydroxyl groups is 1. The summed E-state index contributed by atoms with van der Waals surface area (Å²) in [5.74, 6) is 0.801. The van der Waals surface area contributed by atoms with Crippen LogP contribution in [0, 0.1) is 5.92 Å². The SMILES string of the molecule is CCC1CCC(O)(c2cccc3ccccc23)CC1. The van der Waals surface area contributed by atoms with Crippen molar-refractivity contribution in [3.8, 4) is 0 Å². The highest BCUT2D eigenvalue weighted by atomic mass is 16.3. The van der Waals surface area contributed by atoms with E-state index in [1.54, 1.807) is 0 Å². The summed E-state index contributed by atoms with van der Waals surface area (Å²) in [6, 6.07) is 14.7. The highest BCUT2D eigenvalue weighted by Crippen LogP contribution is 2.42. The first-order valence-corrected chi connectivity index (χ1v) is 7.43. The van der Waals surface area contributed by atoms with E-state index in [4.69, 9.17) is 0 Å². The van der Waals surface area contributed by atoms with Gasteiger partial charge in [0.25, 0.3) is 0 Å². The summed E-state index contributed by atoms with van der Waals surface area (Å²) in [5, 5.41) is 13.5. The van der Waals surface area contributed by atoms with E-state index >= 15 is 0 Å². The molecule has 1 nitrogen and oxygen atoms in total. The predicted molar refractivity (Wildman–Crippen MR) is 80.1 cm³/mol. The molecule has 0 unspecified atom stereocenters. The van der Waals surface area contributed by atoms with Crippen LogP contribution in [0.5, 0.6) is 0 Å². The average Bonchev–Trinajstić information content (AvgIpc) is 2.47. The molecule has 1 N–H and O–H groups in total. The molecule has 0 aromatic heterocycles. The third kappa shape index (κ3) is 2.28. The quantitative estimate of drug-likeness (QED) is 0.828. The van der Waals surface area contributed by atoms with E-state index in [1.807, 2.05) is 0 Å². The lowest BCUT2D eigenvalue weighted by Crippen LogP contribution is -2.31. The Morgan fingerprint density at radius 2 is 1.74 bits per heavy atom. The fraction of sp³-hybridized carbons (Fsp3) is 0.444. The fourth-order valence-electron chi connectivity index (χ4n) is 3.46. The van der Waals surface area contributed by atoms with Crippen LogP contribution in [0.4, 0.5) is 0 Å². The second-order valence-corrected chi connectivity index (χ2v) is 5.91. The van der Waals surface area contributed by atoms with E-state index in [-0.39, 0.29) is 0 Å². The molecule has 1 saturated carbocycles. The summed E-state index contributed by atoms with van der Waals surface area (Å²) < 4.78 is 0. The van der Waals surface area contributed by atoms with Crippen molar-refractivity contribution in [3.63, 3.8) is 0 Å². The summed E-state index contributed by atoms with van der Waals surface area (Å²) >= 11 is 0. The molecule has 1 fully saturated rings. The van der Waals surface area contributed by atoms with Crippen molar-refractivity contribution in [3.05, 3.63) is 48.0 Å². The van der Waals surface area contributed by atoms with Crippen LogP contribution in [0.3, 0.4) is 0 Å². The molecule has 2 aromatic carbocycles. The lowest BCUT2D eigenvalue weighted by atomic mass is 9.73. The predicted octanol–water partition coefficient (Wildman–Crippen LogP) is 4.63. The molecule has 0 saturated heterocycles. The zero-order chi connectivity index (χ0) is 13.3. The van der Waals surface area contributed by atoms with Gasteiger partial charge < -0.3 is 5.11 Å². The highest BCUT2D eigenvalue weighted by Gasteiger charge is 2.35. The van der Waals surface area contributed by atoms with Crippen LogP contribution in [0.2, 0.25) is 0 Å². The number of hydrogen-bond donors (Lipinski definition) is 1. The Kier molecular flexibility index (Phi) is 3.32. The van der Waals surface area contributed by atoms with E-state index in [9.17, 15) is 5.11 Å². The Hall–Kier alpha value is -1.34. The van der Waals surface area contributed by atoms with E-state index in [0.717, 1.165) is 37.2 Å². The van der Waals surface area contributed by atoms with E-state index in [2.05, 4.69) is 49.4 Å². The third-order valence-corrected chi connectivity index (χ3v) is 4.80. The molecular formula is C18H22O. The van der Waals surface area contributed by atoms with Crippen molar-refractivity contribution in [2.75, 3.05) is 0 Å². The van der Waals surface area contributed by atoms with Crippen molar-refractivity contribution in [1.29, 1.82) is 0 Å². The van der Waals surface area contributed by atoms with Gasteiger partial charge in [0.1, 0.15) is 0 Å². The van der Waals surface area contributed by atoms with Gasteiger partial charge in [-0.05, 0) is 47.9 Å². The number of fused-ring (bicyclic) bond motifs is 1. The van der Waals surface area contributed by atoms with Crippen molar-refractivity contribution < 1.29 is 5.11 Å².